The number of fused-ring (bicyclic) bond motifs is 1. The van der Waals surface area contributed by atoms with E-state index in [-0.39, 0.29) is 6.54 Å². The fraction of sp³-hybridized carbons (Fsp3) is 0.269. The molecular weight excluding hydrogens is 482 g/mol. The number of aryl methyl sites for hydroxylation is 1. The molecule has 0 radical (unpaired) electrons. The summed E-state index contributed by atoms with van der Waals surface area (Å²) in [5.41, 5.74) is 7.04. The number of pyridine rings is 1. The molecule has 1 aliphatic rings. The van der Waals surface area contributed by atoms with E-state index in [9.17, 15) is 8.42 Å². The summed E-state index contributed by atoms with van der Waals surface area (Å²) in [7, 11) is -1.24. The number of sulfonamides is 1. The summed E-state index contributed by atoms with van der Waals surface area (Å²) in [6, 6.07) is 18.4. The van der Waals surface area contributed by atoms with Crippen molar-refractivity contribution in [3.63, 3.8) is 0 Å². The minimum absolute atomic E-state index is 0.247. The highest BCUT2D eigenvalue weighted by Gasteiger charge is 2.21. The summed E-state index contributed by atoms with van der Waals surface area (Å²) in [5, 5.41) is 4.94. The van der Waals surface area contributed by atoms with Crippen LogP contribution < -0.4 is 14.9 Å². The number of piperazine rings is 1. The van der Waals surface area contributed by atoms with E-state index >= 15 is 0 Å². The van der Waals surface area contributed by atoms with Crippen LogP contribution in [0.4, 0.5) is 5.69 Å². The van der Waals surface area contributed by atoms with E-state index in [2.05, 4.69) is 48.8 Å². The van der Waals surface area contributed by atoms with E-state index in [1.54, 1.807) is 6.20 Å². The Morgan fingerprint density at radius 3 is 2.31 bits per heavy atom. The minimum Gasteiger partial charge on any atom is -0.369 e. The zero-order chi connectivity index (χ0) is 24.6. The first-order valence-corrected chi connectivity index (χ1v) is 13.8. The van der Waals surface area contributed by atoms with Crippen LogP contribution in [0.1, 0.15) is 5.56 Å². The number of hydrogen-bond acceptors (Lipinski definition) is 5. The number of nitrogens with zero attached hydrogens (tertiary/aromatic N) is 3. The summed E-state index contributed by atoms with van der Waals surface area (Å²) in [4.78, 5) is 7.02. The lowest BCUT2D eigenvalue weighted by Crippen LogP contribution is -2.43. The molecule has 1 aliphatic heterocycles. The van der Waals surface area contributed by atoms with Crippen molar-refractivity contribution in [3.8, 4) is 22.4 Å². The van der Waals surface area contributed by atoms with Crippen LogP contribution in [0, 0.1) is 0 Å². The third-order valence-corrected chi connectivity index (χ3v) is 7.41. The normalized spacial score (nSPS) is 14.5. The molecule has 182 valence electrons. The molecule has 5 rings (SSSR count). The van der Waals surface area contributed by atoms with E-state index in [0.29, 0.717) is 5.02 Å². The van der Waals surface area contributed by atoms with Crippen LogP contribution in [-0.4, -0.2) is 50.4 Å². The highest BCUT2D eigenvalue weighted by atomic mass is 35.5. The fourth-order valence-corrected chi connectivity index (χ4v) is 5.35. The van der Waals surface area contributed by atoms with Gasteiger partial charge in [-0.2, -0.15) is 0 Å². The monoisotopic (exact) mass is 509 g/mol. The first kappa shape index (κ1) is 23.8. The van der Waals surface area contributed by atoms with Crippen LogP contribution in [0.2, 0.25) is 5.02 Å². The minimum atomic E-state index is -3.26. The molecule has 1 saturated heterocycles. The van der Waals surface area contributed by atoms with Crippen LogP contribution in [0.5, 0.6) is 0 Å². The van der Waals surface area contributed by atoms with Gasteiger partial charge in [0.1, 0.15) is 5.65 Å². The Kier molecular flexibility index (Phi) is 6.55. The number of benzene rings is 2. The van der Waals surface area contributed by atoms with Crippen molar-refractivity contribution in [2.24, 2.45) is 7.05 Å². The van der Waals surface area contributed by atoms with E-state index in [0.717, 1.165) is 71.4 Å². The van der Waals surface area contributed by atoms with Crippen LogP contribution in [0.3, 0.4) is 0 Å². The second-order valence-corrected chi connectivity index (χ2v) is 11.1. The van der Waals surface area contributed by atoms with Crippen LogP contribution in [0.25, 0.3) is 33.4 Å². The van der Waals surface area contributed by atoms with E-state index in [4.69, 9.17) is 11.6 Å². The number of hydrogen-bond donors (Lipinski definition) is 2. The highest BCUT2D eigenvalue weighted by molar-refractivity contribution is 7.88. The zero-order valence-electron chi connectivity index (χ0n) is 19.8. The molecule has 0 spiro atoms. The Morgan fingerprint density at radius 2 is 1.66 bits per heavy atom. The lowest BCUT2D eigenvalue weighted by atomic mass is 9.97. The highest BCUT2D eigenvalue weighted by Crippen LogP contribution is 2.42. The summed E-state index contributed by atoms with van der Waals surface area (Å²) < 4.78 is 27.6. The molecule has 9 heteroatoms. The van der Waals surface area contributed by atoms with Gasteiger partial charge in [-0.1, -0.05) is 48.0 Å². The maximum Gasteiger partial charge on any atom is 0.209 e. The average Bonchev–Trinajstić information content (AvgIpc) is 3.17. The number of aromatic nitrogens is 2. The van der Waals surface area contributed by atoms with Gasteiger partial charge in [0.2, 0.25) is 10.0 Å². The van der Waals surface area contributed by atoms with Crippen molar-refractivity contribution in [1.29, 1.82) is 0 Å². The Morgan fingerprint density at radius 1 is 1.00 bits per heavy atom. The van der Waals surface area contributed by atoms with Crippen molar-refractivity contribution in [3.05, 3.63) is 71.4 Å². The van der Waals surface area contributed by atoms with Gasteiger partial charge in [0.05, 0.1) is 17.0 Å². The van der Waals surface area contributed by atoms with Crippen molar-refractivity contribution in [2.45, 2.75) is 6.54 Å². The number of halogens is 1. The van der Waals surface area contributed by atoms with Crippen molar-refractivity contribution in [1.82, 2.24) is 19.6 Å². The third kappa shape index (κ3) is 4.92. The third-order valence-electron chi connectivity index (χ3n) is 6.42. The maximum absolute atomic E-state index is 11.5. The van der Waals surface area contributed by atoms with Gasteiger partial charge < -0.3 is 14.8 Å². The van der Waals surface area contributed by atoms with Crippen LogP contribution >= 0.6 is 11.6 Å². The standard InChI is InChI=1S/C26H28ClN5O2S/c1-31-25(20-7-9-21(10-8-20)32-15-13-28-14-16-32)23(24-22(27)11-12-29-26(24)31)19-5-3-18(4-6-19)17-30-35(2,33)34/h3-12,28,30H,13-17H2,1-2H3. The molecule has 2 N–H and O–H groups in total. The zero-order valence-corrected chi connectivity index (χ0v) is 21.3. The molecule has 0 aliphatic carbocycles. The first-order valence-electron chi connectivity index (χ1n) is 11.5. The van der Waals surface area contributed by atoms with Gasteiger partial charge in [-0.25, -0.2) is 18.1 Å². The van der Waals surface area contributed by atoms with Gasteiger partial charge in [-0.3, -0.25) is 0 Å². The molecule has 0 atom stereocenters. The lowest BCUT2D eigenvalue weighted by molar-refractivity contribution is 0.587. The molecule has 4 aromatic rings. The topological polar surface area (TPSA) is 79.3 Å². The SMILES string of the molecule is Cn1c(-c2ccc(N3CCNCC3)cc2)c(-c2ccc(CNS(C)(=O)=O)cc2)c2c(Cl)ccnc21. The molecule has 0 unspecified atom stereocenters. The van der Waals surface area contributed by atoms with Gasteiger partial charge in [0.15, 0.2) is 0 Å². The molecule has 0 saturated carbocycles. The van der Waals surface area contributed by atoms with Crippen molar-refractivity contribution >= 4 is 38.3 Å². The summed E-state index contributed by atoms with van der Waals surface area (Å²) >= 11 is 6.70. The summed E-state index contributed by atoms with van der Waals surface area (Å²) in [5.74, 6) is 0. The Balaban J connectivity index is 1.59. The molecule has 0 amide bonds. The molecule has 2 aromatic heterocycles. The largest absolute Gasteiger partial charge is 0.369 e. The molecule has 2 aromatic carbocycles. The van der Waals surface area contributed by atoms with E-state index in [1.165, 1.54) is 5.69 Å². The van der Waals surface area contributed by atoms with Crippen molar-refractivity contribution in [2.75, 3.05) is 37.3 Å². The number of nitrogens with one attached hydrogen (secondary N) is 2. The average molecular weight is 510 g/mol. The van der Waals surface area contributed by atoms with E-state index < -0.39 is 10.0 Å². The Labute approximate surface area is 210 Å². The molecule has 35 heavy (non-hydrogen) atoms. The van der Waals surface area contributed by atoms with Gasteiger partial charge in [0, 0.05) is 62.6 Å². The van der Waals surface area contributed by atoms with Crippen molar-refractivity contribution < 1.29 is 8.42 Å². The molecule has 7 nitrogen and oxygen atoms in total. The predicted octanol–water partition coefficient (Wildman–Crippen LogP) is 4.02. The lowest BCUT2D eigenvalue weighted by Gasteiger charge is -2.29. The molecule has 1 fully saturated rings. The molecular formula is C26H28ClN5O2S. The quantitative estimate of drug-likeness (QED) is 0.410. The summed E-state index contributed by atoms with van der Waals surface area (Å²) in [6.45, 7) is 4.23. The van der Waals surface area contributed by atoms with Gasteiger partial charge >= 0.3 is 0 Å². The van der Waals surface area contributed by atoms with Crippen LogP contribution in [-0.2, 0) is 23.6 Å². The Bertz CT molecular complexity index is 1460. The Hall–Kier alpha value is -2.91. The molecule has 3 heterocycles. The second kappa shape index (κ2) is 9.62. The number of anilines is 1. The molecule has 0 bridgehead atoms. The number of rotatable bonds is 6. The van der Waals surface area contributed by atoms with Gasteiger partial charge in [0.25, 0.3) is 0 Å². The van der Waals surface area contributed by atoms with E-state index in [1.807, 2.05) is 37.4 Å². The maximum atomic E-state index is 11.5. The second-order valence-electron chi connectivity index (χ2n) is 8.85. The fourth-order valence-electron chi connectivity index (χ4n) is 4.68. The first-order chi connectivity index (χ1) is 16.8. The smallest absolute Gasteiger partial charge is 0.209 e. The summed E-state index contributed by atoms with van der Waals surface area (Å²) in [6.07, 6.45) is 2.89. The van der Waals surface area contributed by atoms with Crippen LogP contribution in [0.15, 0.2) is 60.8 Å². The van der Waals surface area contributed by atoms with Gasteiger partial charge in [-0.15, -0.1) is 0 Å². The van der Waals surface area contributed by atoms with Gasteiger partial charge in [-0.05, 0) is 34.9 Å². The predicted molar refractivity (Wildman–Crippen MR) is 143 cm³/mol.